The largest absolute Gasteiger partial charge is 1.00 e. The fraction of sp³-hybridized carbons (Fsp3) is 0.773. The van der Waals surface area contributed by atoms with Crippen LogP contribution in [0.3, 0.4) is 0 Å². The van der Waals surface area contributed by atoms with Gasteiger partial charge in [-0.3, -0.25) is 4.90 Å². The van der Waals surface area contributed by atoms with Gasteiger partial charge in [-0.05, 0) is 52.4 Å². The van der Waals surface area contributed by atoms with E-state index in [0.717, 1.165) is 38.5 Å². The molecular formula is C22H40LiNO2. The van der Waals surface area contributed by atoms with E-state index >= 15 is 0 Å². The van der Waals surface area contributed by atoms with Crippen LogP contribution in [0.2, 0.25) is 0 Å². The molecule has 0 rings (SSSR count). The zero-order valence-electron chi connectivity index (χ0n) is 17.7. The van der Waals surface area contributed by atoms with E-state index in [0.29, 0.717) is 12.1 Å². The Labute approximate surface area is 174 Å². The van der Waals surface area contributed by atoms with E-state index in [-0.39, 0.29) is 25.4 Å². The number of hydrogen-bond acceptors (Lipinski definition) is 3. The zero-order valence-corrected chi connectivity index (χ0v) is 17.7. The average Bonchev–Trinajstić information content (AvgIpc) is 2.58. The van der Waals surface area contributed by atoms with Gasteiger partial charge >= 0.3 is 18.9 Å². The van der Waals surface area contributed by atoms with Gasteiger partial charge in [-0.15, -0.1) is 13.2 Å². The molecule has 0 aromatic carbocycles. The van der Waals surface area contributed by atoms with Gasteiger partial charge in [0.2, 0.25) is 0 Å². The third-order valence-corrected chi connectivity index (χ3v) is 5.00. The van der Waals surface area contributed by atoms with E-state index in [2.05, 4.69) is 31.9 Å². The number of unbranched alkanes of at least 4 members (excludes halogenated alkanes) is 8. The standard InChI is InChI=1S/C22H41NO2.Li/c1-5-7-9-11-13-15-17-20(3)23(19-22(24)25)21(4)18-16-14-12-10-8-6-2;/h5-6,20-21H,1-2,7-19H2,3-4H3,(H,24,25);/q;+1/p-1. The van der Waals surface area contributed by atoms with Gasteiger partial charge in [0.1, 0.15) is 0 Å². The first-order valence-electron chi connectivity index (χ1n) is 10.2. The molecule has 0 heterocycles. The van der Waals surface area contributed by atoms with Crippen LogP contribution in [0.5, 0.6) is 0 Å². The summed E-state index contributed by atoms with van der Waals surface area (Å²) in [4.78, 5) is 13.3. The zero-order chi connectivity index (χ0) is 18.9. The van der Waals surface area contributed by atoms with Gasteiger partial charge in [0.05, 0.1) is 5.97 Å². The van der Waals surface area contributed by atoms with E-state index in [4.69, 9.17) is 0 Å². The van der Waals surface area contributed by atoms with Crippen molar-refractivity contribution < 1.29 is 28.8 Å². The van der Waals surface area contributed by atoms with Crippen molar-refractivity contribution in [2.24, 2.45) is 0 Å². The maximum absolute atomic E-state index is 11.1. The third-order valence-electron chi connectivity index (χ3n) is 5.00. The summed E-state index contributed by atoms with van der Waals surface area (Å²) in [5.74, 6) is -0.962. The van der Waals surface area contributed by atoms with Crippen LogP contribution in [0.4, 0.5) is 0 Å². The van der Waals surface area contributed by atoms with Gasteiger partial charge in [0, 0.05) is 18.6 Å². The molecule has 2 atom stereocenters. The Balaban J connectivity index is 0. The SMILES string of the molecule is C=CCCCCCCC(C)N(CC(=O)[O-])C(C)CCCCCCC=C.[Li+]. The molecule has 2 unspecified atom stereocenters. The predicted molar refractivity (Wildman–Crippen MR) is 106 cm³/mol. The van der Waals surface area contributed by atoms with Crippen molar-refractivity contribution >= 4 is 5.97 Å². The van der Waals surface area contributed by atoms with Crippen molar-refractivity contribution in [2.45, 2.75) is 103 Å². The van der Waals surface area contributed by atoms with Gasteiger partial charge < -0.3 is 9.90 Å². The van der Waals surface area contributed by atoms with Crippen LogP contribution in [-0.4, -0.2) is 29.5 Å². The van der Waals surface area contributed by atoms with Crippen LogP contribution in [0.1, 0.15) is 90.9 Å². The Kier molecular flexibility index (Phi) is 20.6. The number of carbonyl (C=O) groups excluding carboxylic acids is 1. The molecule has 0 radical (unpaired) electrons. The summed E-state index contributed by atoms with van der Waals surface area (Å²) in [5, 5.41) is 11.1. The minimum absolute atomic E-state index is 0. The summed E-state index contributed by atoms with van der Waals surface area (Å²) in [6.07, 6.45) is 17.9. The van der Waals surface area contributed by atoms with Crippen molar-refractivity contribution in [2.75, 3.05) is 6.54 Å². The minimum Gasteiger partial charge on any atom is -0.549 e. The summed E-state index contributed by atoms with van der Waals surface area (Å²) in [7, 11) is 0. The Hall–Kier alpha value is -0.493. The maximum atomic E-state index is 11.1. The van der Waals surface area contributed by atoms with Crippen LogP contribution in [0.15, 0.2) is 25.3 Å². The third kappa shape index (κ3) is 15.7. The molecule has 0 aliphatic carbocycles. The second kappa shape index (κ2) is 19.3. The first-order valence-corrected chi connectivity index (χ1v) is 10.2. The Morgan fingerprint density at radius 2 is 1.23 bits per heavy atom. The smallest absolute Gasteiger partial charge is 0.549 e. The fourth-order valence-electron chi connectivity index (χ4n) is 3.39. The average molecular weight is 358 g/mol. The van der Waals surface area contributed by atoms with Crippen molar-refractivity contribution in [3.63, 3.8) is 0 Å². The summed E-state index contributed by atoms with van der Waals surface area (Å²) in [6.45, 7) is 11.9. The number of carbonyl (C=O) groups is 1. The van der Waals surface area contributed by atoms with Gasteiger partial charge in [0.25, 0.3) is 0 Å². The summed E-state index contributed by atoms with van der Waals surface area (Å²) in [6, 6.07) is 0.598. The molecule has 0 fully saturated rings. The molecule has 0 N–H and O–H groups in total. The molecule has 0 aromatic rings. The van der Waals surface area contributed by atoms with E-state index in [9.17, 15) is 9.90 Å². The molecule has 146 valence electrons. The Morgan fingerprint density at radius 3 is 1.58 bits per heavy atom. The topological polar surface area (TPSA) is 43.4 Å². The molecule has 26 heavy (non-hydrogen) atoms. The van der Waals surface area contributed by atoms with Gasteiger partial charge in [-0.25, -0.2) is 0 Å². The molecule has 0 aromatic heterocycles. The number of aliphatic carboxylic acids is 1. The number of allylic oxidation sites excluding steroid dienone is 2. The Bertz CT molecular complexity index is 334. The van der Waals surface area contributed by atoms with E-state index in [1.165, 1.54) is 38.5 Å². The van der Waals surface area contributed by atoms with Crippen molar-refractivity contribution in [3.05, 3.63) is 25.3 Å². The molecule has 4 heteroatoms. The van der Waals surface area contributed by atoms with Crippen LogP contribution >= 0.6 is 0 Å². The number of carboxylic acid groups (broad SMARTS) is 1. The van der Waals surface area contributed by atoms with E-state index in [1.807, 2.05) is 12.2 Å². The van der Waals surface area contributed by atoms with Gasteiger partial charge in [-0.2, -0.15) is 0 Å². The number of hydrogen-bond donors (Lipinski definition) is 0. The van der Waals surface area contributed by atoms with Crippen LogP contribution < -0.4 is 24.0 Å². The first-order chi connectivity index (χ1) is 12.0. The molecule has 0 aliphatic rings. The fourth-order valence-corrected chi connectivity index (χ4v) is 3.39. The van der Waals surface area contributed by atoms with E-state index in [1.54, 1.807) is 0 Å². The number of nitrogens with zero attached hydrogens (tertiary/aromatic N) is 1. The van der Waals surface area contributed by atoms with Crippen LogP contribution in [0, 0.1) is 0 Å². The van der Waals surface area contributed by atoms with Crippen molar-refractivity contribution in [1.82, 2.24) is 4.90 Å². The monoisotopic (exact) mass is 357 g/mol. The van der Waals surface area contributed by atoms with Gasteiger partial charge in [-0.1, -0.05) is 50.7 Å². The predicted octanol–water partition coefficient (Wildman–Crippen LogP) is 1.87. The van der Waals surface area contributed by atoms with Gasteiger partial charge in [0.15, 0.2) is 0 Å². The minimum atomic E-state index is -0.962. The van der Waals surface area contributed by atoms with Crippen molar-refractivity contribution in [3.8, 4) is 0 Å². The molecule has 3 nitrogen and oxygen atoms in total. The summed E-state index contributed by atoms with van der Waals surface area (Å²) >= 11 is 0. The number of rotatable bonds is 18. The summed E-state index contributed by atoms with van der Waals surface area (Å²) in [5.41, 5.74) is 0. The van der Waals surface area contributed by atoms with Crippen molar-refractivity contribution in [1.29, 1.82) is 0 Å². The first kappa shape index (κ1) is 27.7. The molecule has 0 saturated carbocycles. The molecule has 0 bridgehead atoms. The summed E-state index contributed by atoms with van der Waals surface area (Å²) < 4.78 is 0. The Morgan fingerprint density at radius 1 is 0.846 bits per heavy atom. The van der Waals surface area contributed by atoms with Crippen LogP contribution in [0.25, 0.3) is 0 Å². The molecule has 0 saturated heterocycles. The second-order valence-electron chi connectivity index (χ2n) is 7.30. The second-order valence-corrected chi connectivity index (χ2v) is 7.30. The molecule has 0 aliphatic heterocycles. The maximum Gasteiger partial charge on any atom is 1.00 e. The molecule has 0 amide bonds. The number of carboxylic acids is 1. The van der Waals surface area contributed by atoms with E-state index < -0.39 is 5.97 Å². The van der Waals surface area contributed by atoms with Crippen LogP contribution in [-0.2, 0) is 4.79 Å². The quantitative estimate of drug-likeness (QED) is 0.214. The molecule has 0 spiro atoms. The normalized spacial score (nSPS) is 13.0. The molecular weight excluding hydrogens is 317 g/mol.